The van der Waals surface area contributed by atoms with Crippen LogP contribution in [0.3, 0.4) is 0 Å². The van der Waals surface area contributed by atoms with E-state index in [1.54, 1.807) is 16.7 Å². The van der Waals surface area contributed by atoms with E-state index in [1.165, 1.54) is 0 Å². The molecule has 3 saturated heterocycles. The van der Waals surface area contributed by atoms with E-state index in [0.717, 1.165) is 23.2 Å². The van der Waals surface area contributed by atoms with Gasteiger partial charge in [0.2, 0.25) is 17.7 Å². The lowest BCUT2D eigenvalue weighted by Crippen LogP contribution is -2.57. The summed E-state index contributed by atoms with van der Waals surface area (Å²) in [4.78, 5) is 43.8. The second-order valence-electron chi connectivity index (χ2n) is 11.5. The van der Waals surface area contributed by atoms with Crippen molar-refractivity contribution in [3.05, 3.63) is 59.7 Å². The molecule has 7 nitrogen and oxygen atoms in total. The van der Waals surface area contributed by atoms with Crippen LogP contribution < -0.4 is 10.6 Å². The molecule has 5 rings (SSSR count). The first-order valence-electron chi connectivity index (χ1n) is 13.4. The van der Waals surface area contributed by atoms with E-state index in [1.807, 2.05) is 76.2 Å². The second-order valence-corrected chi connectivity index (χ2v) is 13.0. The van der Waals surface area contributed by atoms with Gasteiger partial charge in [-0.25, -0.2) is 0 Å². The van der Waals surface area contributed by atoms with Gasteiger partial charge >= 0.3 is 0 Å². The fraction of sp³-hybridized carbons (Fsp3) is 0.500. The molecule has 3 amide bonds. The van der Waals surface area contributed by atoms with E-state index >= 15 is 0 Å². The Labute approximate surface area is 228 Å². The number of likely N-dealkylation sites (tertiary alicyclic amines) is 1. The average Bonchev–Trinajstić information content (AvgIpc) is 3.46. The SMILES string of the molecule is Cc1ccc(C)c(NC(=O)C2N([C@@H](CO)C(C)C)C(=O)[C@@H]3[C@H](C(=O)Nc4ccccc4)[C@@H]4CC(C)C23S4)c1. The highest BCUT2D eigenvalue weighted by Gasteiger charge is 2.76. The van der Waals surface area contributed by atoms with Crippen LogP contribution in [0, 0.1) is 37.5 Å². The Bertz CT molecular complexity index is 1250. The highest BCUT2D eigenvalue weighted by Crippen LogP contribution is 2.69. The van der Waals surface area contributed by atoms with Gasteiger partial charge in [0.05, 0.1) is 29.2 Å². The first kappa shape index (κ1) is 26.8. The van der Waals surface area contributed by atoms with Crippen LogP contribution in [0.1, 0.15) is 38.3 Å². The van der Waals surface area contributed by atoms with Crippen LogP contribution in [-0.4, -0.2) is 56.4 Å². The highest BCUT2D eigenvalue weighted by atomic mass is 32.2. The third-order valence-electron chi connectivity index (χ3n) is 8.74. The fourth-order valence-corrected chi connectivity index (χ4v) is 9.26. The lowest BCUT2D eigenvalue weighted by Gasteiger charge is -2.41. The molecule has 3 aliphatic heterocycles. The van der Waals surface area contributed by atoms with Crippen molar-refractivity contribution >= 4 is 40.9 Å². The zero-order chi connectivity index (χ0) is 27.4. The van der Waals surface area contributed by atoms with Gasteiger partial charge in [0.25, 0.3) is 0 Å². The lowest BCUT2D eigenvalue weighted by atomic mass is 9.65. The molecule has 0 saturated carbocycles. The Morgan fingerprint density at radius 1 is 1.11 bits per heavy atom. The number of nitrogens with zero attached hydrogens (tertiary/aromatic N) is 1. The van der Waals surface area contributed by atoms with Crippen LogP contribution in [0.5, 0.6) is 0 Å². The molecule has 3 aliphatic rings. The molecular weight excluding hydrogens is 498 g/mol. The highest BCUT2D eigenvalue weighted by molar-refractivity contribution is 8.02. The number of aliphatic hydroxyl groups excluding tert-OH is 1. The number of rotatable bonds is 7. The lowest BCUT2D eigenvalue weighted by molar-refractivity contribution is -0.142. The summed E-state index contributed by atoms with van der Waals surface area (Å²) in [6, 6.07) is 13.9. The van der Waals surface area contributed by atoms with Crippen molar-refractivity contribution in [2.24, 2.45) is 23.7 Å². The number of aryl methyl sites for hydroxylation is 2. The number of nitrogens with one attached hydrogen (secondary N) is 2. The van der Waals surface area contributed by atoms with Crippen LogP contribution >= 0.6 is 11.8 Å². The van der Waals surface area contributed by atoms with E-state index < -0.39 is 28.7 Å². The summed E-state index contributed by atoms with van der Waals surface area (Å²) >= 11 is 1.64. The Balaban J connectivity index is 1.56. The van der Waals surface area contributed by atoms with Crippen LogP contribution in [0.4, 0.5) is 11.4 Å². The van der Waals surface area contributed by atoms with Gasteiger partial charge < -0.3 is 20.6 Å². The molecule has 2 bridgehead atoms. The maximum atomic E-state index is 14.3. The molecule has 8 heteroatoms. The van der Waals surface area contributed by atoms with Gasteiger partial charge in [0.1, 0.15) is 6.04 Å². The van der Waals surface area contributed by atoms with Gasteiger partial charge in [-0.2, -0.15) is 0 Å². The predicted molar refractivity (Wildman–Crippen MR) is 151 cm³/mol. The van der Waals surface area contributed by atoms with Crippen molar-refractivity contribution in [3.63, 3.8) is 0 Å². The molecule has 3 unspecified atom stereocenters. The predicted octanol–water partition coefficient (Wildman–Crippen LogP) is 4.23. The average molecular weight is 536 g/mol. The third kappa shape index (κ3) is 4.13. The quantitative estimate of drug-likeness (QED) is 0.493. The van der Waals surface area contributed by atoms with Gasteiger partial charge in [-0.15, -0.1) is 11.8 Å². The van der Waals surface area contributed by atoms with E-state index in [9.17, 15) is 19.5 Å². The first-order chi connectivity index (χ1) is 18.1. The number of hydrogen-bond acceptors (Lipinski definition) is 5. The number of carbonyl (C=O) groups is 3. The largest absolute Gasteiger partial charge is 0.394 e. The van der Waals surface area contributed by atoms with E-state index in [2.05, 4.69) is 17.6 Å². The number of thioether (sulfide) groups is 1. The minimum Gasteiger partial charge on any atom is -0.394 e. The maximum Gasteiger partial charge on any atom is 0.248 e. The Morgan fingerprint density at radius 3 is 2.47 bits per heavy atom. The van der Waals surface area contributed by atoms with Crippen LogP contribution in [0.2, 0.25) is 0 Å². The number of benzene rings is 2. The number of carbonyl (C=O) groups excluding carboxylic acids is 3. The van der Waals surface area contributed by atoms with Crippen LogP contribution in [-0.2, 0) is 14.4 Å². The Hall–Kier alpha value is -2.84. The van der Waals surface area contributed by atoms with Crippen molar-refractivity contribution in [1.82, 2.24) is 4.90 Å². The number of amides is 3. The van der Waals surface area contributed by atoms with Crippen molar-refractivity contribution in [2.75, 3.05) is 17.2 Å². The molecule has 3 fully saturated rings. The molecule has 3 heterocycles. The molecule has 0 aliphatic carbocycles. The number of para-hydroxylation sites is 1. The summed E-state index contributed by atoms with van der Waals surface area (Å²) in [6.45, 7) is 9.68. The summed E-state index contributed by atoms with van der Waals surface area (Å²) in [5, 5.41) is 16.5. The maximum absolute atomic E-state index is 14.3. The Kier molecular flexibility index (Phi) is 7.07. The van der Waals surface area contributed by atoms with Gasteiger partial charge in [0.15, 0.2) is 0 Å². The second kappa shape index (κ2) is 10.0. The number of fused-ring (bicyclic) bond motifs is 1. The molecule has 2 aromatic rings. The topological polar surface area (TPSA) is 98.7 Å². The van der Waals surface area contributed by atoms with Crippen molar-refractivity contribution in [3.8, 4) is 0 Å². The van der Waals surface area contributed by atoms with Gasteiger partial charge in [0, 0.05) is 16.6 Å². The zero-order valence-electron chi connectivity index (χ0n) is 22.6. The zero-order valence-corrected chi connectivity index (χ0v) is 23.4. The van der Waals surface area contributed by atoms with Gasteiger partial charge in [-0.05, 0) is 61.4 Å². The minimum atomic E-state index is -0.793. The number of aliphatic hydroxyl groups is 1. The fourth-order valence-electron chi connectivity index (χ4n) is 6.85. The van der Waals surface area contributed by atoms with Crippen molar-refractivity contribution in [2.45, 2.75) is 63.1 Å². The third-order valence-corrected chi connectivity index (χ3v) is 10.8. The minimum absolute atomic E-state index is 0.0487. The van der Waals surface area contributed by atoms with E-state index in [0.29, 0.717) is 5.69 Å². The molecule has 0 radical (unpaired) electrons. The van der Waals surface area contributed by atoms with E-state index in [-0.39, 0.29) is 41.4 Å². The number of hydrogen-bond donors (Lipinski definition) is 3. The van der Waals surface area contributed by atoms with Crippen molar-refractivity contribution in [1.29, 1.82) is 0 Å². The smallest absolute Gasteiger partial charge is 0.248 e. The molecule has 2 aromatic carbocycles. The standard InChI is InChI=1S/C30H37N3O4S/c1-16(2)22(15-34)33-26(28(36)32-21-13-17(3)11-12-18(21)4)30-19(5)14-23(38-30)24(25(30)29(33)37)27(35)31-20-9-7-6-8-10-20/h6-13,16,19,22-26,34H,14-15H2,1-5H3,(H,31,35)(H,32,36)/t19?,22-,23-,24+,25-,26?,30?/m0/s1. The van der Waals surface area contributed by atoms with Gasteiger partial charge in [-0.1, -0.05) is 51.1 Å². The molecule has 3 N–H and O–H groups in total. The molecule has 202 valence electrons. The Morgan fingerprint density at radius 2 is 1.82 bits per heavy atom. The molecule has 38 heavy (non-hydrogen) atoms. The van der Waals surface area contributed by atoms with Crippen molar-refractivity contribution < 1.29 is 19.5 Å². The summed E-state index contributed by atoms with van der Waals surface area (Å²) in [6.07, 6.45) is 0.758. The normalized spacial score (nSPS) is 30.4. The number of anilines is 2. The monoisotopic (exact) mass is 535 g/mol. The summed E-state index contributed by atoms with van der Waals surface area (Å²) < 4.78 is -0.745. The summed E-state index contributed by atoms with van der Waals surface area (Å²) in [7, 11) is 0. The summed E-state index contributed by atoms with van der Waals surface area (Å²) in [5.74, 6) is -1.82. The molecule has 7 atom stereocenters. The van der Waals surface area contributed by atoms with E-state index in [4.69, 9.17) is 0 Å². The molecule has 1 spiro atoms. The molecular formula is C30H37N3O4S. The first-order valence-corrected chi connectivity index (χ1v) is 14.3. The van der Waals surface area contributed by atoms with Crippen LogP contribution in [0.15, 0.2) is 48.5 Å². The molecule has 0 aromatic heterocycles. The van der Waals surface area contributed by atoms with Crippen LogP contribution in [0.25, 0.3) is 0 Å². The van der Waals surface area contributed by atoms with Gasteiger partial charge in [-0.3, -0.25) is 14.4 Å². The summed E-state index contributed by atoms with van der Waals surface area (Å²) in [5.41, 5.74) is 3.37.